The van der Waals surface area contributed by atoms with Crippen LogP contribution in [-0.4, -0.2) is 71.2 Å². The van der Waals surface area contributed by atoms with Crippen LogP contribution in [0.1, 0.15) is 40.1 Å². The van der Waals surface area contributed by atoms with E-state index in [2.05, 4.69) is 14.8 Å². The Morgan fingerprint density at radius 3 is 2.00 bits per heavy atom. The standard InChI is InChI=1S/C32H31F2N3O2.3ClH/c33-32(34)29-22-7-1-3-9-24(22)31(25-10-4-2-8-23(25)30(29)32)37-17-15-36(16-18-37)19-21(38)20-39-28-13-5-12-27-26(28)11-6-14-35-27;;;/h1-14,21,29-31,38H,15-20H2;3*1H/t21-,29?,30?,31?;;;/m1.../s1. The molecule has 1 saturated carbocycles. The number of alkyl halides is 2. The fourth-order valence-corrected chi connectivity index (χ4v) is 6.69. The Bertz CT molecular complexity index is 1460. The Labute approximate surface area is 263 Å². The zero-order valence-corrected chi connectivity index (χ0v) is 25.3. The number of rotatable bonds is 6. The van der Waals surface area contributed by atoms with E-state index >= 15 is 0 Å². The number of fused-ring (bicyclic) bond motifs is 6. The summed E-state index contributed by atoms with van der Waals surface area (Å²) in [7, 11) is 0. The largest absolute Gasteiger partial charge is 0.490 e. The van der Waals surface area contributed by atoms with Crippen LogP contribution in [0.2, 0.25) is 0 Å². The number of nitrogens with zero attached hydrogens (tertiary/aromatic N) is 3. The van der Waals surface area contributed by atoms with Crippen molar-refractivity contribution in [3.8, 4) is 5.75 Å². The summed E-state index contributed by atoms with van der Waals surface area (Å²) in [5, 5.41) is 11.7. The first-order chi connectivity index (χ1) is 19.0. The van der Waals surface area contributed by atoms with Crippen LogP contribution >= 0.6 is 37.2 Å². The van der Waals surface area contributed by atoms with Crippen molar-refractivity contribution in [1.82, 2.24) is 14.8 Å². The third kappa shape index (κ3) is 5.71. The van der Waals surface area contributed by atoms with E-state index in [1.165, 1.54) is 0 Å². The van der Waals surface area contributed by atoms with E-state index in [0.717, 1.165) is 65.1 Å². The average molecular weight is 637 g/mol. The van der Waals surface area contributed by atoms with Gasteiger partial charge in [0.25, 0.3) is 5.92 Å². The maximum absolute atomic E-state index is 15.0. The Hall–Kier alpha value is -2.52. The molecule has 0 radical (unpaired) electrons. The molecule has 1 N–H and O–H groups in total. The average Bonchev–Trinajstić information content (AvgIpc) is 3.58. The lowest BCUT2D eigenvalue weighted by Crippen LogP contribution is -2.50. The smallest absolute Gasteiger partial charge is 0.263 e. The highest BCUT2D eigenvalue weighted by Crippen LogP contribution is 2.70. The normalized spacial score (nSPS) is 23.0. The molecular weight excluding hydrogens is 603 g/mol. The minimum absolute atomic E-state index is 0. The Kier molecular flexibility index (Phi) is 10.0. The van der Waals surface area contributed by atoms with Gasteiger partial charge in [-0.05, 0) is 46.5 Å². The quantitative estimate of drug-likeness (QED) is 0.263. The minimum Gasteiger partial charge on any atom is -0.490 e. The number of pyridine rings is 1. The third-order valence-electron chi connectivity index (χ3n) is 8.58. The van der Waals surface area contributed by atoms with E-state index < -0.39 is 23.9 Å². The number of hydrogen-bond acceptors (Lipinski definition) is 5. The molecule has 0 amide bonds. The van der Waals surface area contributed by atoms with Crippen LogP contribution < -0.4 is 4.74 Å². The van der Waals surface area contributed by atoms with Gasteiger partial charge in [-0.1, -0.05) is 54.6 Å². The molecule has 7 rings (SSSR count). The fourth-order valence-electron chi connectivity index (χ4n) is 6.69. The molecule has 1 aromatic heterocycles. The van der Waals surface area contributed by atoms with Crippen LogP contribution in [-0.2, 0) is 0 Å². The first-order valence-corrected chi connectivity index (χ1v) is 13.7. The van der Waals surface area contributed by atoms with Crippen LogP contribution in [0.25, 0.3) is 10.9 Å². The second-order valence-electron chi connectivity index (χ2n) is 10.9. The maximum Gasteiger partial charge on any atom is 0.263 e. The highest BCUT2D eigenvalue weighted by atomic mass is 35.5. The van der Waals surface area contributed by atoms with Crippen molar-refractivity contribution < 1.29 is 18.6 Å². The third-order valence-corrected chi connectivity index (χ3v) is 8.58. The topological polar surface area (TPSA) is 48.8 Å². The molecule has 1 aliphatic heterocycles. The minimum atomic E-state index is -2.70. The number of aliphatic hydroxyl groups is 1. The molecule has 0 bridgehead atoms. The molecule has 2 unspecified atom stereocenters. The van der Waals surface area contributed by atoms with Gasteiger partial charge in [0, 0.05) is 44.3 Å². The van der Waals surface area contributed by atoms with E-state index in [4.69, 9.17) is 4.74 Å². The van der Waals surface area contributed by atoms with Gasteiger partial charge in [-0.3, -0.25) is 14.8 Å². The first kappa shape index (κ1) is 32.4. The molecule has 2 aliphatic carbocycles. The second-order valence-corrected chi connectivity index (χ2v) is 10.9. The van der Waals surface area contributed by atoms with Crippen molar-refractivity contribution in [3.63, 3.8) is 0 Å². The van der Waals surface area contributed by atoms with Crippen LogP contribution in [0, 0.1) is 0 Å². The van der Waals surface area contributed by atoms with E-state index in [9.17, 15) is 13.9 Å². The van der Waals surface area contributed by atoms with Gasteiger partial charge in [0.1, 0.15) is 18.5 Å². The van der Waals surface area contributed by atoms with E-state index in [1.54, 1.807) is 6.20 Å². The SMILES string of the molecule is Cl.Cl.Cl.O[C@@H](COc1cccc2ncccc12)CN1CCN(C2c3ccccc3C3C(c4ccccc42)C3(F)F)CC1. The monoisotopic (exact) mass is 635 g/mol. The Morgan fingerprint density at radius 1 is 0.786 bits per heavy atom. The maximum atomic E-state index is 15.0. The van der Waals surface area contributed by atoms with Gasteiger partial charge in [-0.15, -0.1) is 37.2 Å². The van der Waals surface area contributed by atoms with Crippen LogP contribution in [0.15, 0.2) is 85.1 Å². The van der Waals surface area contributed by atoms with Crippen molar-refractivity contribution >= 4 is 48.1 Å². The summed E-state index contributed by atoms with van der Waals surface area (Å²) in [5.74, 6) is -3.46. The molecule has 0 spiro atoms. The molecule has 224 valence electrons. The molecule has 10 heteroatoms. The summed E-state index contributed by atoms with van der Waals surface area (Å²) >= 11 is 0. The van der Waals surface area contributed by atoms with E-state index in [0.29, 0.717) is 6.54 Å². The van der Waals surface area contributed by atoms with Crippen LogP contribution in [0.3, 0.4) is 0 Å². The number of β-amino-alcohol motifs (C(OH)–C–C–N with tert-alkyl or cyclic N) is 1. The van der Waals surface area contributed by atoms with Gasteiger partial charge in [0.05, 0.1) is 23.4 Å². The lowest BCUT2D eigenvalue weighted by atomic mass is 9.90. The summed E-state index contributed by atoms with van der Waals surface area (Å²) in [6.45, 7) is 3.89. The number of benzene rings is 3. The predicted molar refractivity (Wildman–Crippen MR) is 168 cm³/mol. The zero-order chi connectivity index (χ0) is 26.6. The number of ether oxygens (including phenoxy) is 1. The van der Waals surface area contributed by atoms with E-state index in [1.807, 2.05) is 78.9 Å². The summed E-state index contributed by atoms with van der Waals surface area (Å²) in [4.78, 5) is 9.04. The van der Waals surface area contributed by atoms with Crippen molar-refractivity contribution in [3.05, 3.63) is 107 Å². The number of hydrogen-bond donors (Lipinski definition) is 1. The lowest BCUT2D eigenvalue weighted by molar-refractivity contribution is 0.0400. The summed E-state index contributed by atoms with van der Waals surface area (Å²) < 4.78 is 35.9. The lowest BCUT2D eigenvalue weighted by Gasteiger charge is -2.41. The number of aliphatic hydroxyl groups excluding tert-OH is 1. The van der Waals surface area contributed by atoms with Crippen LogP contribution in [0.4, 0.5) is 8.78 Å². The molecule has 1 saturated heterocycles. The summed E-state index contributed by atoms with van der Waals surface area (Å²) in [5.41, 5.74) is 4.44. The molecular formula is C32H34Cl3F2N3O2. The number of piperazine rings is 1. The van der Waals surface area contributed by atoms with Crippen molar-refractivity contribution in [2.75, 3.05) is 39.3 Å². The first-order valence-electron chi connectivity index (χ1n) is 13.7. The zero-order valence-electron chi connectivity index (χ0n) is 22.8. The molecule has 2 heterocycles. The summed E-state index contributed by atoms with van der Waals surface area (Å²) in [6, 6.07) is 25.1. The molecule has 3 aliphatic rings. The van der Waals surface area contributed by atoms with Crippen molar-refractivity contribution in [2.24, 2.45) is 0 Å². The molecule has 42 heavy (non-hydrogen) atoms. The number of aromatic nitrogens is 1. The fraction of sp³-hybridized carbons (Fsp3) is 0.344. The molecule has 2 fully saturated rings. The molecule has 3 aromatic carbocycles. The van der Waals surface area contributed by atoms with Gasteiger partial charge in [-0.25, -0.2) is 8.78 Å². The molecule has 4 aromatic rings. The van der Waals surface area contributed by atoms with Gasteiger partial charge in [0.15, 0.2) is 0 Å². The van der Waals surface area contributed by atoms with Gasteiger partial charge in [0.2, 0.25) is 0 Å². The Balaban J connectivity index is 0.00000135. The highest BCUT2D eigenvalue weighted by molar-refractivity contribution is 5.86. The van der Waals surface area contributed by atoms with Crippen LogP contribution in [0.5, 0.6) is 5.75 Å². The summed E-state index contributed by atoms with van der Waals surface area (Å²) in [6.07, 6.45) is 1.13. The Morgan fingerprint density at radius 2 is 1.38 bits per heavy atom. The molecule has 5 nitrogen and oxygen atoms in total. The van der Waals surface area contributed by atoms with Gasteiger partial charge >= 0.3 is 0 Å². The van der Waals surface area contributed by atoms with Crippen molar-refractivity contribution in [1.29, 1.82) is 0 Å². The van der Waals surface area contributed by atoms with Crippen molar-refractivity contribution in [2.45, 2.75) is 29.9 Å². The van der Waals surface area contributed by atoms with Gasteiger partial charge < -0.3 is 9.84 Å². The molecule has 3 atom stereocenters. The van der Waals surface area contributed by atoms with Gasteiger partial charge in [-0.2, -0.15) is 0 Å². The van der Waals surface area contributed by atoms with E-state index in [-0.39, 0.29) is 49.9 Å². The second kappa shape index (κ2) is 13.0. The highest BCUT2D eigenvalue weighted by Gasteiger charge is 2.71. The number of halogens is 5. The predicted octanol–water partition coefficient (Wildman–Crippen LogP) is 6.48.